The van der Waals surface area contributed by atoms with Crippen LogP contribution in [-0.4, -0.2) is 16.5 Å². The number of anilines is 2. The van der Waals surface area contributed by atoms with Crippen molar-refractivity contribution in [1.82, 2.24) is 10.3 Å². The highest BCUT2D eigenvalue weighted by molar-refractivity contribution is 9.10. The first-order valence-corrected chi connectivity index (χ1v) is 5.18. The topological polar surface area (TPSA) is 89.3 Å². The molecule has 0 saturated carbocycles. The van der Waals surface area contributed by atoms with Crippen LogP contribution in [0.25, 0.3) is 0 Å². The highest BCUT2D eigenvalue weighted by Gasteiger charge is 2.02. The first kappa shape index (κ1) is 10.6. The van der Waals surface area contributed by atoms with Crippen LogP contribution < -0.4 is 11.2 Å². The molecule has 0 aliphatic carbocycles. The van der Waals surface area contributed by atoms with Crippen LogP contribution in [0.15, 0.2) is 38.5 Å². The molecular weight excluding hydrogens is 274 g/mol. The van der Waals surface area contributed by atoms with E-state index in [0.29, 0.717) is 5.82 Å². The predicted molar refractivity (Wildman–Crippen MR) is 64.1 cm³/mol. The second-order valence-electron chi connectivity index (χ2n) is 2.89. The predicted octanol–water partition coefficient (Wildman–Crippen LogP) is 1.86. The third kappa shape index (κ3) is 2.37. The molecule has 1 aromatic heterocycles. The molecule has 6 nitrogen and oxygen atoms in total. The van der Waals surface area contributed by atoms with Crippen molar-refractivity contribution in [3.05, 3.63) is 34.3 Å². The quantitative estimate of drug-likeness (QED) is 0.662. The summed E-state index contributed by atoms with van der Waals surface area (Å²) in [6, 6.07) is 7.68. The van der Waals surface area contributed by atoms with Gasteiger partial charge in [0.05, 0.1) is 6.21 Å². The second kappa shape index (κ2) is 4.75. The Hall–Kier alpha value is -1.89. The van der Waals surface area contributed by atoms with Crippen molar-refractivity contribution in [2.24, 2.45) is 5.10 Å². The van der Waals surface area contributed by atoms with Gasteiger partial charge in [0.25, 0.3) is 0 Å². The highest BCUT2D eigenvalue weighted by Crippen LogP contribution is 2.14. The van der Waals surface area contributed by atoms with E-state index in [0.717, 1.165) is 10.0 Å². The van der Waals surface area contributed by atoms with E-state index in [1.54, 1.807) is 6.21 Å². The molecule has 0 aliphatic heterocycles. The Balaban J connectivity index is 2.06. The zero-order chi connectivity index (χ0) is 11.4. The van der Waals surface area contributed by atoms with Crippen LogP contribution in [0.4, 0.5) is 11.6 Å². The van der Waals surface area contributed by atoms with Gasteiger partial charge in [0, 0.05) is 10.0 Å². The van der Waals surface area contributed by atoms with Crippen LogP contribution in [0.5, 0.6) is 0 Å². The second-order valence-corrected chi connectivity index (χ2v) is 3.74. The molecule has 0 saturated heterocycles. The fourth-order valence-corrected chi connectivity index (χ4v) is 1.40. The summed E-state index contributed by atoms with van der Waals surface area (Å²) < 4.78 is 5.35. The lowest BCUT2D eigenvalue weighted by molar-refractivity contribution is 0.310. The molecule has 82 valence electrons. The number of hydrazone groups is 1. The van der Waals surface area contributed by atoms with Gasteiger partial charge in [-0.2, -0.15) is 5.10 Å². The lowest BCUT2D eigenvalue weighted by Gasteiger charge is -1.96. The largest absolute Gasteiger partial charge is 0.378 e. The van der Waals surface area contributed by atoms with Gasteiger partial charge in [0.15, 0.2) is 0 Å². The van der Waals surface area contributed by atoms with Gasteiger partial charge >= 0.3 is 0 Å². The van der Waals surface area contributed by atoms with E-state index in [2.05, 4.69) is 41.4 Å². The Labute approximate surface area is 99.6 Å². The Morgan fingerprint density at radius 2 is 2.19 bits per heavy atom. The summed E-state index contributed by atoms with van der Waals surface area (Å²) in [5.41, 5.74) is 9.00. The summed E-state index contributed by atoms with van der Waals surface area (Å²) in [4.78, 5) is 0. The maximum atomic E-state index is 5.44. The van der Waals surface area contributed by atoms with Gasteiger partial charge in [0.1, 0.15) is 0 Å². The minimum absolute atomic E-state index is 0.171. The maximum Gasteiger partial charge on any atom is 0.235 e. The molecular formula is C9H8BrN5O. The SMILES string of the molecule is Nc1nonc1NN=Cc1ccccc1Br. The van der Waals surface area contributed by atoms with E-state index in [9.17, 15) is 0 Å². The summed E-state index contributed by atoms with van der Waals surface area (Å²) in [7, 11) is 0. The molecule has 1 aromatic carbocycles. The van der Waals surface area contributed by atoms with Crippen molar-refractivity contribution in [3.8, 4) is 0 Å². The number of nitrogens with one attached hydrogen (secondary N) is 1. The Bertz CT molecular complexity index is 510. The smallest absolute Gasteiger partial charge is 0.235 e. The minimum atomic E-state index is 0.171. The number of nitrogens with zero attached hydrogens (tertiary/aromatic N) is 3. The molecule has 3 N–H and O–H groups in total. The Morgan fingerprint density at radius 1 is 1.38 bits per heavy atom. The van der Waals surface area contributed by atoms with Crippen molar-refractivity contribution < 1.29 is 4.63 Å². The van der Waals surface area contributed by atoms with Crippen molar-refractivity contribution >= 4 is 33.8 Å². The normalized spacial score (nSPS) is 10.8. The first-order chi connectivity index (χ1) is 7.77. The van der Waals surface area contributed by atoms with Crippen LogP contribution in [0.2, 0.25) is 0 Å². The van der Waals surface area contributed by atoms with Gasteiger partial charge in [-0.15, -0.1) is 0 Å². The molecule has 16 heavy (non-hydrogen) atoms. The summed E-state index contributed by atoms with van der Waals surface area (Å²) >= 11 is 3.40. The van der Waals surface area contributed by atoms with Crippen LogP contribution in [0.1, 0.15) is 5.56 Å². The molecule has 0 radical (unpaired) electrons. The number of hydrogen-bond donors (Lipinski definition) is 2. The minimum Gasteiger partial charge on any atom is -0.378 e. The third-order valence-electron chi connectivity index (χ3n) is 1.79. The van der Waals surface area contributed by atoms with E-state index in [1.807, 2.05) is 24.3 Å². The van der Waals surface area contributed by atoms with Gasteiger partial charge < -0.3 is 5.73 Å². The summed E-state index contributed by atoms with van der Waals surface area (Å²) in [5, 5.41) is 10.9. The van der Waals surface area contributed by atoms with Crippen LogP contribution in [-0.2, 0) is 0 Å². The molecule has 0 atom stereocenters. The molecule has 7 heteroatoms. The number of benzene rings is 1. The molecule has 1 heterocycles. The van der Waals surface area contributed by atoms with Crippen LogP contribution in [0, 0.1) is 0 Å². The molecule has 2 aromatic rings. The fourth-order valence-electron chi connectivity index (χ4n) is 1.02. The monoisotopic (exact) mass is 281 g/mol. The number of rotatable bonds is 3. The van der Waals surface area contributed by atoms with Gasteiger partial charge in [-0.1, -0.05) is 34.1 Å². The van der Waals surface area contributed by atoms with Gasteiger partial charge in [0.2, 0.25) is 11.6 Å². The van der Waals surface area contributed by atoms with Crippen molar-refractivity contribution in [2.45, 2.75) is 0 Å². The van der Waals surface area contributed by atoms with E-state index in [1.165, 1.54) is 0 Å². The number of nitrogens with two attached hydrogens (primary N) is 1. The van der Waals surface area contributed by atoms with Crippen molar-refractivity contribution in [2.75, 3.05) is 11.2 Å². The van der Waals surface area contributed by atoms with Crippen LogP contribution in [0.3, 0.4) is 0 Å². The van der Waals surface area contributed by atoms with Gasteiger partial charge in [-0.05, 0) is 16.4 Å². The van der Waals surface area contributed by atoms with Gasteiger partial charge in [-0.3, -0.25) is 5.43 Å². The molecule has 0 fully saturated rings. The molecule has 2 rings (SSSR count). The van der Waals surface area contributed by atoms with Crippen molar-refractivity contribution in [3.63, 3.8) is 0 Å². The number of halogens is 1. The van der Waals surface area contributed by atoms with Gasteiger partial charge in [-0.25, -0.2) is 4.63 Å². The Morgan fingerprint density at radius 3 is 2.88 bits per heavy atom. The average Bonchev–Trinajstić information content (AvgIpc) is 2.67. The molecule has 0 bridgehead atoms. The Kier molecular flexibility index (Phi) is 3.16. The first-order valence-electron chi connectivity index (χ1n) is 4.39. The average molecular weight is 282 g/mol. The molecule has 0 unspecified atom stereocenters. The molecule has 0 spiro atoms. The van der Waals surface area contributed by atoms with E-state index >= 15 is 0 Å². The summed E-state index contributed by atoms with van der Waals surface area (Å²) in [6.45, 7) is 0. The standard InChI is InChI=1S/C9H8BrN5O/c10-7-4-2-1-3-6(7)5-12-13-9-8(11)14-16-15-9/h1-5H,(H2,11,14)(H,13,15). The summed E-state index contributed by atoms with van der Waals surface area (Å²) in [5.74, 6) is 0.465. The van der Waals surface area contributed by atoms with Crippen LogP contribution >= 0.6 is 15.9 Å². The molecule has 0 amide bonds. The number of hydrogen-bond acceptors (Lipinski definition) is 6. The van der Waals surface area contributed by atoms with E-state index in [4.69, 9.17) is 5.73 Å². The highest BCUT2D eigenvalue weighted by atomic mass is 79.9. The fraction of sp³-hybridized carbons (Fsp3) is 0. The van der Waals surface area contributed by atoms with Crippen molar-refractivity contribution in [1.29, 1.82) is 0 Å². The molecule has 0 aliphatic rings. The number of aromatic nitrogens is 2. The number of nitrogen functional groups attached to an aromatic ring is 1. The lowest BCUT2D eigenvalue weighted by atomic mass is 10.2. The maximum absolute atomic E-state index is 5.44. The summed E-state index contributed by atoms with van der Waals surface area (Å²) in [6.07, 6.45) is 1.64. The lowest BCUT2D eigenvalue weighted by Crippen LogP contribution is -1.95. The third-order valence-corrected chi connectivity index (χ3v) is 2.52. The zero-order valence-corrected chi connectivity index (χ0v) is 9.68. The van der Waals surface area contributed by atoms with E-state index in [-0.39, 0.29) is 5.82 Å². The van der Waals surface area contributed by atoms with E-state index < -0.39 is 0 Å². The zero-order valence-electron chi connectivity index (χ0n) is 8.09.